The molecule has 1 aromatic carbocycles. The summed E-state index contributed by atoms with van der Waals surface area (Å²) in [6.45, 7) is 2.26. The maximum atomic E-state index is 10.1. The van der Waals surface area contributed by atoms with Crippen molar-refractivity contribution in [1.29, 1.82) is 0 Å². The zero-order chi connectivity index (χ0) is 15.3. The van der Waals surface area contributed by atoms with Gasteiger partial charge in [-0.05, 0) is 24.1 Å². The highest BCUT2D eigenvalue weighted by Crippen LogP contribution is 2.22. The van der Waals surface area contributed by atoms with Crippen LogP contribution in [0.25, 0.3) is 0 Å². The predicted molar refractivity (Wildman–Crippen MR) is 92.9 cm³/mol. The molecule has 1 N–H and O–H groups in total. The first-order chi connectivity index (χ1) is 10.2. The van der Waals surface area contributed by atoms with Crippen LogP contribution in [0.1, 0.15) is 89.2 Å². The second-order valence-corrected chi connectivity index (χ2v) is 6.47. The third-order valence-electron chi connectivity index (χ3n) is 4.09. The lowest BCUT2D eigenvalue weighted by molar-refractivity contribution is 0.163. The second kappa shape index (κ2) is 12.1. The first-order valence-electron chi connectivity index (χ1n) is 8.67. The summed E-state index contributed by atoms with van der Waals surface area (Å²) in [7, 11) is 0. The van der Waals surface area contributed by atoms with Crippen molar-refractivity contribution in [2.45, 2.75) is 83.7 Å². The lowest BCUT2D eigenvalue weighted by Gasteiger charge is -2.10. The zero-order valence-corrected chi connectivity index (χ0v) is 14.2. The summed E-state index contributed by atoms with van der Waals surface area (Å²) in [6, 6.07) is 7.53. The minimum Gasteiger partial charge on any atom is -0.388 e. The summed E-state index contributed by atoms with van der Waals surface area (Å²) in [5.41, 5.74) is 0.982. The first kappa shape index (κ1) is 18.5. The molecule has 21 heavy (non-hydrogen) atoms. The van der Waals surface area contributed by atoms with E-state index < -0.39 is 0 Å². The van der Waals surface area contributed by atoms with Crippen LogP contribution >= 0.6 is 11.6 Å². The number of halogens is 1. The molecule has 0 bridgehead atoms. The Balaban J connectivity index is 1.95. The van der Waals surface area contributed by atoms with Crippen molar-refractivity contribution in [2.75, 3.05) is 0 Å². The summed E-state index contributed by atoms with van der Waals surface area (Å²) in [6.07, 6.45) is 13.8. The van der Waals surface area contributed by atoms with Gasteiger partial charge in [-0.1, -0.05) is 94.9 Å². The van der Waals surface area contributed by atoms with Crippen molar-refractivity contribution >= 4 is 11.6 Å². The Labute approximate surface area is 135 Å². The average molecular weight is 311 g/mol. The molecular weight excluding hydrogens is 280 g/mol. The normalized spacial score (nSPS) is 12.5. The highest BCUT2D eigenvalue weighted by atomic mass is 35.5. The van der Waals surface area contributed by atoms with E-state index in [0.717, 1.165) is 23.4 Å². The Morgan fingerprint density at radius 3 is 1.81 bits per heavy atom. The van der Waals surface area contributed by atoms with E-state index in [2.05, 4.69) is 6.92 Å². The van der Waals surface area contributed by atoms with Crippen LogP contribution in [0.3, 0.4) is 0 Å². The highest BCUT2D eigenvalue weighted by molar-refractivity contribution is 6.30. The summed E-state index contributed by atoms with van der Waals surface area (Å²) in [5, 5.41) is 10.8. The van der Waals surface area contributed by atoms with Gasteiger partial charge in [-0.15, -0.1) is 0 Å². The molecule has 0 aromatic heterocycles. The fourth-order valence-electron chi connectivity index (χ4n) is 2.68. The van der Waals surface area contributed by atoms with Gasteiger partial charge in [0.25, 0.3) is 0 Å². The predicted octanol–water partition coefficient (Wildman–Crippen LogP) is 6.68. The van der Waals surface area contributed by atoms with Crippen LogP contribution in [-0.2, 0) is 0 Å². The number of hydrogen-bond acceptors (Lipinski definition) is 1. The van der Waals surface area contributed by atoms with E-state index in [4.69, 9.17) is 11.6 Å². The van der Waals surface area contributed by atoms with Crippen molar-refractivity contribution in [1.82, 2.24) is 0 Å². The van der Waals surface area contributed by atoms with E-state index in [9.17, 15) is 5.11 Å². The first-order valence-corrected chi connectivity index (χ1v) is 9.05. The molecule has 1 nitrogen and oxygen atoms in total. The SMILES string of the molecule is CCCCCCCCCCCCC(O)c1ccc(Cl)cc1. The van der Waals surface area contributed by atoms with Crippen LogP contribution in [-0.4, -0.2) is 5.11 Å². The van der Waals surface area contributed by atoms with Crippen LogP contribution in [0.5, 0.6) is 0 Å². The van der Waals surface area contributed by atoms with Gasteiger partial charge in [-0.3, -0.25) is 0 Å². The summed E-state index contributed by atoms with van der Waals surface area (Å²) in [4.78, 5) is 0. The minimum atomic E-state index is -0.337. The Morgan fingerprint density at radius 2 is 1.29 bits per heavy atom. The second-order valence-electron chi connectivity index (χ2n) is 6.04. The molecule has 0 spiro atoms. The van der Waals surface area contributed by atoms with Gasteiger partial charge in [0.05, 0.1) is 6.10 Å². The van der Waals surface area contributed by atoms with E-state index in [-0.39, 0.29) is 6.10 Å². The molecule has 0 aliphatic carbocycles. The van der Waals surface area contributed by atoms with E-state index >= 15 is 0 Å². The zero-order valence-electron chi connectivity index (χ0n) is 13.5. The average Bonchev–Trinajstić information content (AvgIpc) is 2.49. The number of aliphatic hydroxyl groups is 1. The lowest BCUT2D eigenvalue weighted by Crippen LogP contribution is -1.97. The van der Waals surface area contributed by atoms with Gasteiger partial charge in [-0.2, -0.15) is 0 Å². The van der Waals surface area contributed by atoms with Crippen molar-refractivity contribution in [3.05, 3.63) is 34.9 Å². The molecule has 1 atom stereocenters. The molecule has 0 amide bonds. The van der Waals surface area contributed by atoms with Crippen LogP contribution < -0.4 is 0 Å². The fourth-order valence-corrected chi connectivity index (χ4v) is 2.80. The van der Waals surface area contributed by atoms with Crippen molar-refractivity contribution in [3.63, 3.8) is 0 Å². The molecule has 120 valence electrons. The number of aliphatic hydroxyl groups excluding tert-OH is 1. The standard InChI is InChI=1S/C19H31ClO/c1-2-3-4-5-6-7-8-9-10-11-12-19(21)17-13-15-18(20)16-14-17/h13-16,19,21H,2-12H2,1H3. The van der Waals surface area contributed by atoms with Crippen molar-refractivity contribution in [2.24, 2.45) is 0 Å². The van der Waals surface area contributed by atoms with Crippen LogP contribution in [0, 0.1) is 0 Å². The lowest BCUT2D eigenvalue weighted by atomic mass is 10.0. The molecular formula is C19H31ClO. The van der Waals surface area contributed by atoms with Crippen molar-refractivity contribution < 1.29 is 5.11 Å². The highest BCUT2D eigenvalue weighted by Gasteiger charge is 2.06. The molecule has 0 fully saturated rings. The third-order valence-corrected chi connectivity index (χ3v) is 4.34. The van der Waals surface area contributed by atoms with Crippen LogP contribution in [0.4, 0.5) is 0 Å². The van der Waals surface area contributed by atoms with E-state index in [1.807, 2.05) is 24.3 Å². The van der Waals surface area contributed by atoms with Gasteiger partial charge >= 0.3 is 0 Å². The number of rotatable bonds is 12. The topological polar surface area (TPSA) is 20.2 Å². The summed E-state index contributed by atoms with van der Waals surface area (Å²) in [5.74, 6) is 0. The minimum absolute atomic E-state index is 0.337. The van der Waals surface area contributed by atoms with Crippen molar-refractivity contribution in [3.8, 4) is 0 Å². The number of hydrogen-bond donors (Lipinski definition) is 1. The van der Waals surface area contributed by atoms with Gasteiger partial charge in [-0.25, -0.2) is 0 Å². The largest absolute Gasteiger partial charge is 0.388 e. The Morgan fingerprint density at radius 1 is 0.810 bits per heavy atom. The van der Waals surface area contributed by atoms with Gasteiger partial charge in [0.1, 0.15) is 0 Å². The third kappa shape index (κ3) is 9.16. The smallest absolute Gasteiger partial charge is 0.0790 e. The summed E-state index contributed by atoms with van der Waals surface area (Å²) < 4.78 is 0. The maximum Gasteiger partial charge on any atom is 0.0790 e. The van der Waals surface area contributed by atoms with E-state index in [1.165, 1.54) is 57.8 Å². The van der Waals surface area contributed by atoms with Gasteiger partial charge in [0, 0.05) is 5.02 Å². The monoisotopic (exact) mass is 310 g/mol. The molecule has 0 saturated heterocycles. The Kier molecular flexibility index (Phi) is 10.6. The fraction of sp³-hybridized carbons (Fsp3) is 0.684. The maximum absolute atomic E-state index is 10.1. The Bertz CT molecular complexity index is 347. The molecule has 2 heteroatoms. The molecule has 0 saturated carbocycles. The molecule has 0 aliphatic heterocycles. The van der Waals surface area contributed by atoms with Gasteiger partial charge < -0.3 is 5.11 Å². The van der Waals surface area contributed by atoms with E-state index in [0.29, 0.717) is 0 Å². The van der Waals surface area contributed by atoms with Crippen LogP contribution in [0.15, 0.2) is 24.3 Å². The number of unbranched alkanes of at least 4 members (excludes halogenated alkanes) is 9. The van der Waals surface area contributed by atoms with Crippen LogP contribution in [0.2, 0.25) is 5.02 Å². The quantitative estimate of drug-likeness (QED) is 0.427. The molecule has 0 aliphatic rings. The van der Waals surface area contributed by atoms with E-state index in [1.54, 1.807) is 0 Å². The molecule has 1 aromatic rings. The van der Waals surface area contributed by atoms with Gasteiger partial charge in [0.15, 0.2) is 0 Å². The molecule has 1 unspecified atom stereocenters. The Hall–Kier alpha value is -0.530. The summed E-state index contributed by atoms with van der Waals surface area (Å²) >= 11 is 5.85. The molecule has 0 heterocycles. The van der Waals surface area contributed by atoms with Gasteiger partial charge in [0.2, 0.25) is 0 Å². The molecule has 1 rings (SSSR count). The molecule has 0 radical (unpaired) electrons. The number of benzene rings is 1.